The van der Waals surface area contributed by atoms with Gasteiger partial charge in [-0.05, 0) is 77.6 Å². The van der Waals surface area contributed by atoms with Crippen LogP contribution in [0.4, 0.5) is 0 Å². The van der Waals surface area contributed by atoms with E-state index in [0.29, 0.717) is 6.54 Å². The number of amides is 2. The maximum Gasteiger partial charge on any atom is 0.253 e. The lowest BCUT2D eigenvalue weighted by Gasteiger charge is -2.38. The third-order valence-electron chi connectivity index (χ3n) is 6.26. The molecule has 0 bridgehead atoms. The molecule has 1 N–H and O–H groups in total. The fraction of sp³-hybridized carbons (Fsp3) is 0.652. The summed E-state index contributed by atoms with van der Waals surface area (Å²) in [5.41, 5.74) is 2.96. The summed E-state index contributed by atoms with van der Waals surface area (Å²) < 4.78 is 0. The molecular weight excluding hydrogens is 386 g/mol. The number of halogens is 1. The van der Waals surface area contributed by atoms with Crippen LogP contribution in [0, 0.1) is 25.7 Å². The summed E-state index contributed by atoms with van der Waals surface area (Å²) in [6.07, 6.45) is 5.21. The molecule has 1 aromatic rings. The Hall–Kier alpha value is -1.59. The lowest BCUT2D eigenvalue weighted by Crippen LogP contribution is -2.48. The van der Waals surface area contributed by atoms with Crippen LogP contribution in [-0.2, 0) is 4.79 Å². The summed E-state index contributed by atoms with van der Waals surface area (Å²) in [5, 5.41) is 3.22. The van der Waals surface area contributed by atoms with Crippen molar-refractivity contribution in [3.05, 3.63) is 34.9 Å². The predicted octanol–water partition coefficient (Wildman–Crippen LogP) is 3.43. The summed E-state index contributed by atoms with van der Waals surface area (Å²) in [5.74, 6) is 1.00. The van der Waals surface area contributed by atoms with E-state index in [-0.39, 0.29) is 30.1 Å². The minimum Gasteiger partial charge on any atom is -0.342 e. The highest BCUT2D eigenvalue weighted by atomic mass is 35.5. The maximum atomic E-state index is 13.1. The Balaban J connectivity index is 0.00000300. The number of nitrogens with one attached hydrogen (secondary N) is 1. The molecule has 2 aliphatic heterocycles. The molecule has 0 spiro atoms. The van der Waals surface area contributed by atoms with Gasteiger partial charge in [-0.3, -0.25) is 9.59 Å². The number of aryl methyl sites for hydroxylation is 2. The zero-order chi connectivity index (χ0) is 20.1. The summed E-state index contributed by atoms with van der Waals surface area (Å²) in [6, 6.07) is 5.99. The minimum atomic E-state index is -0.0440. The molecule has 5 nitrogen and oxygen atoms in total. The second-order valence-electron chi connectivity index (χ2n) is 8.63. The van der Waals surface area contributed by atoms with Crippen molar-refractivity contribution in [3.8, 4) is 0 Å². The summed E-state index contributed by atoms with van der Waals surface area (Å²) in [6.45, 7) is 8.14. The number of piperidine rings is 2. The quantitative estimate of drug-likeness (QED) is 0.792. The van der Waals surface area contributed by atoms with Crippen molar-refractivity contribution in [1.82, 2.24) is 15.1 Å². The minimum absolute atomic E-state index is 0. The summed E-state index contributed by atoms with van der Waals surface area (Å²) >= 11 is 0. The van der Waals surface area contributed by atoms with Crippen molar-refractivity contribution in [1.29, 1.82) is 0 Å². The Kier molecular flexibility index (Phi) is 8.97. The van der Waals surface area contributed by atoms with Gasteiger partial charge in [-0.2, -0.15) is 0 Å². The van der Waals surface area contributed by atoms with E-state index in [4.69, 9.17) is 0 Å². The number of carbonyl (C=O) groups is 2. The van der Waals surface area contributed by atoms with Crippen molar-refractivity contribution in [2.24, 2.45) is 11.8 Å². The number of likely N-dealkylation sites (tertiary alicyclic amines) is 2. The van der Waals surface area contributed by atoms with E-state index >= 15 is 0 Å². The van der Waals surface area contributed by atoms with Gasteiger partial charge >= 0.3 is 0 Å². The average Bonchev–Trinajstić information content (AvgIpc) is 2.71. The lowest BCUT2D eigenvalue weighted by molar-refractivity contribution is -0.138. The number of carbonyl (C=O) groups excluding carboxylic acids is 2. The Morgan fingerprint density at radius 2 is 1.66 bits per heavy atom. The van der Waals surface area contributed by atoms with Crippen molar-refractivity contribution >= 4 is 24.2 Å². The average molecular weight is 422 g/mol. The van der Waals surface area contributed by atoms with Gasteiger partial charge in [0.15, 0.2) is 0 Å². The summed E-state index contributed by atoms with van der Waals surface area (Å²) in [7, 11) is 1.99. The van der Waals surface area contributed by atoms with E-state index in [2.05, 4.69) is 11.4 Å². The molecule has 2 aliphatic rings. The zero-order valence-corrected chi connectivity index (χ0v) is 18.9. The van der Waals surface area contributed by atoms with Gasteiger partial charge in [0.1, 0.15) is 0 Å². The molecule has 1 unspecified atom stereocenters. The van der Waals surface area contributed by atoms with E-state index in [1.165, 1.54) is 6.42 Å². The standard InChI is InChI=1S/C23H35N3O2.ClH/c1-17-13-18(2)15-21(14-17)23(28)26-10-4-5-20(16-26)22(27)25-11-7-19(8-12-25)6-9-24-3;/h13-15,19-20,24H,4-12,16H2,1-3H3;1H. The topological polar surface area (TPSA) is 52.7 Å². The monoisotopic (exact) mass is 421 g/mol. The molecule has 0 aliphatic carbocycles. The smallest absolute Gasteiger partial charge is 0.253 e. The largest absolute Gasteiger partial charge is 0.342 e. The fourth-order valence-electron chi connectivity index (χ4n) is 4.69. The Bertz CT molecular complexity index is 681. The molecule has 2 saturated heterocycles. The van der Waals surface area contributed by atoms with Crippen molar-refractivity contribution in [2.75, 3.05) is 39.8 Å². The van der Waals surface area contributed by atoms with E-state index in [0.717, 1.165) is 74.5 Å². The van der Waals surface area contributed by atoms with Crippen LogP contribution in [0.2, 0.25) is 0 Å². The molecule has 2 amide bonds. The number of hydrogen-bond donors (Lipinski definition) is 1. The first-order chi connectivity index (χ1) is 13.5. The maximum absolute atomic E-state index is 13.1. The van der Waals surface area contributed by atoms with Gasteiger partial charge in [0.05, 0.1) is 5.92 Å². The fourth-order valence-corrected chi connectivity index (χ4v) is 4.69. The van der Waals surface area contributed by atoms with Gasteiger partial charge in [-0.15, -0.1) is 12.4 Å². The van der Waals surface area contributed by atoms with E-state index in [1.807, 2.05) is 42.8 Å². The van der Waals surface area contributed by atoms with Crippen molar-refractivity contribution in [2.45, 2.75) is 46.0 Å². The van der Waals surface area contributed by atoms with Crippen LogP contribution in [0.15, 0.2) is 18.2 Å². The molecule has 1 atom stereocenters. The predicted molar refractivity (Wildman–Crippen MR) is 120 cm³/mol. The summed E-state index contributed by atoms with van der Waals surface area (Å²) in [4.78, 5) is 30.0. The molecular formula is C23H36ClN3O2. The van der Waals surface area contributed by atoms with Crippen LogP contribution in [0.3, 0.4) is 0 Å². The normalized spacial score (nSPS) is 20.3. The Labute approximate surface area is 181 Å². The van der Waals surface area contributed by atoms with Crippen LogP contribution in [-0.4, -0.2) is 61.4 Å². The highest BCUT2D eigenvalue weighted by Crippen LogP contribution is 2.25. The number of nitrogens with zero attached hydrogens (tertiary/aromatic N) is 2. The SMILES string of the molecule is CNCCC1CCN(C(=O)C2CCCN(C(=O)c3cc(C)cc(C)c3)C2)CC1.Cl. The zero-order valence-electron chi connectivity index (χ0n) is 18.1. The van der Waals surface area contributed by atoms with Gasteiger partial charge in [0, 0.05) is 31.7 Å². The number of benzene rings is 1. The second-order valence-corrected chi connectivity index (χ2v) is 8.63. The van der Waals surface area contributed by atoms with Gasteiger partial charge < -0.3 is 15.1 Å². The first-order valence-corrected chi connectivity index (χ1v) is 10.8. The van der Waals surface area contributed by atoms with Crippen LogP contribution < -0.4 is 5.32 Å². The molecule has 1 aromatic carbocycles. The van der Waals surface area contributed by atoms with E-state index in [9.17, 15) is 9.59 Å². The van der Waals surface area contributed by atoms with Crippen LogP contribution in [0.5, 0.6) is 0 Å². The van der Waals surface area contributed by atoms with Crippen LogP contribution >= 0.6 is 12.4 Å². The second kappa shape index (κ2) is 11.0. The Morgan fingerprint density at radius 3 is 2.28 bits per heavy atom. The number of hydrogen-bond acceptors (Lipinski definition) is 3. The van der Waals surface area contributed by atoms with E-state index in [1.54, 1.807) is 0 Å². The lowest BCUT2D eigenvalue weighted by atomic mass is 9.91. The highest BCUT2D eigenvalue weighted by Gasteiger charge is 2.33. The molecule has 0 saturated carbocycles. The molecule has 0 radical (unpaired) electrons. The first-order valence-electron chi connectivity index (χ1n) is 10.8. The van der Waals surface area contributed by atoms with Gasteiger partial charge in [0.2, 0.25) is 5.91 Å². The highest BCUT2D eigenvalue weighted by molar-refractivity contribution is 5.95. The molecule has 29 heavy (non-hydrogen) atoms. The van der Waals surface area contributed by atoms with Gasteiger partial charge in [-0.25, -0.2) is 0 Å². The molecule has 3 rings (SSSR count). The molecule has 162 valence electrons. The van der Waals surface area contributed by atoms with Crippen LogP contribution in [0.1, 0.15) is 53.6 Å². The van der Waals surface area contributed by atoms with Gasteiger partial charge in [-0.1, -0.05) is 17.2 Å². The van der Waals surface area contributed by atoms with Crippen LogP contribution in [0.25, 0.3) is 0 Å². The molecule has 0 aromatic heterocycles. The Morgan fingerprint density at radius 1 is 1.00 bits per heavy atom. The van der Waals surface area contributed by atoms with Crippen molar-refractivity contribution in [3.63, 3.8) is 0 Å². The van der Waals surface area contributed by atoms with E-state index < -0.39 is 0 Å². The number of rotatable bonds is 5. The third-order valence-corrected chi connectivity index (χ3v) is 6.26. The first kappa shape index (κ1) is 23.7. The van der Waals surface area contributed by atoms with Gasteiger partial charge in [0.25, 0.3) is 5.91 Å². The third kappa shape index (κ3) is 6.19. The molecule has 6 heteroatoms. The molecule has 2 heterocycles. The van der Waals surface area contributed by atoms with Crippen molar-refractivity contribution < 1.29 is 9.59 Å². The molecule has 2 fully saturated rings.